The van der Waals surface area contributed by atoms with Gasteiger partial charge in [0.15, 0.2) is 0 Å². The third kappa shape index (κ3) is 6.29. The van der Waals surface area contributed by atoms with E-state index >= 15 is 0 Å². The smallest absolute Gasteiger partial charge is 0.343 e. The highest BCUT2D eigenvalue weighted by molar-refractivity contribution is 9.10. The van der Waals surface area contributed by atoms with E-state index in [4.69, 9.17) is 9.47 Å². The third-order valence-electron chi connectivity index (χ3n) is 4.15. The lowest BCUT2D eigenvalue weighted by molar-refractivity contribution is 0.0734. The van der Waals surface area contributed by atoms with E-state index in [0.29, 0.717) is 17.9 Å². The zero-order valence-electron chi connectivity index (χ0n) is 16.2. The molecule has 0 fully saturated rings. The minimum absolute atomic E-state index is 0.403. The number of rotatable bonds is 8. The van der Waals surface area contributed by atoms with Crippen LogP contribution >= 0.6 is 15.9 Å². The Morgan fingerprint density at radius 1 is 0.966 bits per heavy atom. The Morgan fingerprint density at radius 2 is 1.66 bits per heavy atom. The molecule has 0 aliphatic carbocycles. The van der Waals surface area contributed by atoms with Crippen molar-refractivity contribution in [3.8, 4) is 11.5 Å². The number of aliphatic imine (C=N–C) groups is 1. The first-order valence-corrected chi connectivity index (χ1v) is 10.3. The predicted molar refractivity (Wildman–Crippen MR) is 120 cm³/mol. The molecule has 0 spiro atoms. The van der Waals surface area contributed by atoms with E-state index in [1.54, 1.807) is 42.6 Å². The zero-order chi connectivity index (χ0) is 20.5. The molecule has 3 aromatic rings. The van der Waals surface area contributed by atoms with Crippen molar-refractivity contribution in [1.29, 1.82) is 0 Å². The Bertz CT molecular complexity index is 966. The molecule has 0 aliphatic rings. The summed E-state index contributed by atoms with van der Waals surface area (Å²) in [6, 6.07) is 22.0. The fraction of sp³-hybridized carbons (Fsp3) is 0.167. The van der Waals surface area contributed by atoms with Gasteiger partial charge >= 0.3 is 5.97 Å². The molecule has 0 heterocycles. The van der Waals surface area contributed by atoms with Crippen LogP contribution in [0.5, 0.6) is 11.5 Å². The molecule has 0 radical (unpaired) electrons. The fourth-order valence-electron chi connectivity index (χ4n) is 2.51. The van der Waals surface area contributed by atoms with E-state index < -0.39 is 5.97 Å². The van der Waals surface area contributed by atoms with Crippen LogP contribution in [0.2, 0.25) is 0 Å². The summed E-state index contributed by atoms with van der Waals surface area (Å²) in [7, 11) is 0. The SMILES string of the molecule is CCCCOc1ccc(C(=O)Oc2ccc(C=Nc3ccccc3Br)cc2)cc1. The van der Waals surface area contributed by atoms with Crippen molar-refractivity contribution < 1.29 is 14.3 Å². The molecular formula is C24H22BrNO3. The number of ether oxygens (including phenoxy) is 2. The van der Waals surface area contributed by atoms with Gasteiger partial charge < -0.3 is 9.47 Å². The van der Waals surface area contributed by atoms with Crippen LogP contribution in [0.4, 0.5) is 5.69 Å². The van der Waals surface area contributed by atoms with Crippen LogP contribution in [-0.2, 0) is 0 Å². The Morgan fingerprint density at radius 3 is 2.34 bits per heavy atom. The van der Waals surface area contributed by atoms with Gasteiger partial charge in [0.25, 0.3) is 0 Å². The number of hydrogen-bond donors (Lipinski definition) is 0. The second-order valence-corrected chi connectivity index (χ2v) is 7.25. The molecule has 0 aromatic heterocycles. The van der Waals surface area contributed by atoms with Gasteiger partial charge in [-0.2, -0.15) is 0 Å². The lowest BCUT2D eigenvalue weighted by Crippen LogP contribution is -2.08. The highest BCUT2D eigenvalue weighted by Crippen LogP contribution is 2.24. The molecule has 0 saturated heterocycles. The van der Waals surface area contributed by atoms with Gasteiger partial charge in [-0.15, -0.1) is 0 Å². The molecule has 0 amide bonds. The van der Waals surface area contributed by atoms with E-state index in [0.717, 1.165) is 34.3 Å². The lowest BCUT2D eigenvalue weighted by atomic mass is 10.2. The number of hydrogen-bond acceptors (Lipinski definition) is 4. The summed E-state index contributed by atoms with van der Waals surface area (Å²) in [5.41, 5.74) is 2.24. The van der Waals surface area contributed by atoms with E-state index in [-0.39, 0.29) is 0 Å². The minimum Gasteiger partial charge on any atom is -0.494 e. The van der Waals surface area contributed by atoms with Crippen molar-refractivity contribution in [2.24, 2.45) is 4.99 Å². The van der Waals surface area contributed by atoms with Gasteiger partial charge in [-0.3, -0.25) is 4.99 Å². The largest absolute Gasteiger partial charge is 0.494 e. The van der Waals surface area contributed by atoms with Gasteiger partial charge in [-0.05, 0) is 88.6 Å². The molecule has 3 rings (SSSR count). The van der Waals surface area contributed by atoms with Crippen LogP contribution in [0.25, 0.3) is 0 Å². The standard InChI is InChI=1S/C24H22BrNO3/c1-2-3-16-28-20-14-10-19(11-15-20)24(27)29-21-12-8-18(9-13-21)17-26-23-7-5-4-6-22(23)25/h4-15,17H,2-3,16H2,1H3. The molecule has 0 bridgehead atoms. The van der Waals surface area contributed by atoms with E-state index in [1.165, 1.54) is 0 Å². The van der Waals surface area contributed by atoms with Gasteiger partial charge in [0.2, 0.25) is 0 Å². The number of nitrogens with zero attached hydrogens (tertiary/aromatic N) is 1. The van der Waals surface area contributed by atoms with Crippen molar-refractivity contribution in [2.75, 3.05) is 6.61 Å². The second-order valence-electron chi connectivity index (χ2n) is 6.39. The number of esters is 1. The van der Waals surface area contributed by atoms with Gasteiger partial charge in [-0.25, -0.2) is 4.79 Å². The maximum atomic E-state index is 12.3. The zero-order valence-corrected chi connectivity index (χ0v) is 17.8. The van der Waals surface area contributed by atoms with Crippen LogP contribution in [0.15, 0.2) is 82.3 Å². The number of para-hydroxylation sites is 1. The molecular weight excluding hydrogens is 430 g/mol. The molecule has 3 aromatic carbocycles. The first-order valence-electron chi connectivity index (χ1n) is 9.49. The Balaban J connectivity index is 1.57. The first-order chi connectivity index (χ1) is 14.2. The van der Waals surface area contributed by atoms with Crippen LogP contribution in [0.3, 0.4) is 0 Å². The molecule has 0 atom stereocenters. The fourth-order valence-corrected chi connectivity index (χ4v) is 2.90. The summed E-state index contributed by atoms with van der Waals surface area (Å²) in [4.78, 5) is 16.8. The number of benzene rings is 3. The van der Waals surface area contributed by atoms with Gasteiger partial charge in [0.05, 0.1) is 17.9 Å². The highest BCUT2D eigenvalue weighted by atomic mass is 79.9. The van der Waals surface area contributed by atoms with Crippen molar-refractivity contribution in [1.82, 2.24) is 0 Å². The molecule has 4 nitrogen and oxygen atoms in total. The minimum atomic E-state index is -0.403. The van der Waals surface area contributed by atoms with Gasteiger partial charge in [-0.1, -0.05) is 25.5 Å². The van der Waals surface area contributed by atoms with Crippen LogP contribution < -0.4 is 9.47 Å². The normalized spacial score (nSPS) is 10.8. The van der Waals surface area contributed by atoms with Crippen LogP contribution in [0, 0.1) is 0 Å². The maximum absolute atomic E-state index is 12.3. The maximum Gasteiger partial charge on any atom is 0.343 e. The summed E-state index contributed by atoms with van der Waals surface area (Å²) in [6.07, 6.45) is 3.86. The van der Waals surface area contributed by atoms with Crippen LogP contribution in [0.1, 0.15) is 35.7 Å². The predicted octanol–water partition coefficient (Wildman–Crippen LogP) is 6.60. The number of carbonyl (C=O) groups excluding carboxylic acids is 1. The Kier molecular flexibility index (Phi) is 7.59. The summed E-state index contributed by atoms with van der Waals surface area (Å²) in [6.45, 7) is 2.79. The quantitative estimate of drug-likeness (QED) is 0.168. The number of carbonyl (C=O) groups is 1. The third-order valence-corrected chi connectivity index (χ3v) is 4.82. The first kappa shape index (κ1) is 20.8. The van der Waals surface area contributed by atoms with Crippen molar-refractivity contribution in [2.45, 2.75) is 19.8 Å². The van der Waals surface area contributed by atoms with Crippen molar-refractivity contribution in [3.63, 3.8) is 0 Å². The summed E-state index contributed by atoms with van der Waals surface area (Å²) >= 11 is 3.47. The number of halogens is 1. The number of unbranched alkanes of at least 4 members (excludes halogenated alkanes) is 1. The lowest BCUT2D eigenvalue weighted by Gasteiger charge is -2.07. The highest BCUT2D eigenvalue weighted by Gasteiger charge is 2.09. The molecule has 29 heavy (non-hydrogen) atoms. The Hall–Kier alpha value is -2.92. The van der Waals surface area contributed by atoms with Crippen molar-refractivity contribution in [3.05, 3.63) is 88.4 Å². The average Bonchev–Trinajstić information content (AvgIpc) is 2.75. The van der Waals surface area contributed by atoms with Gasteiger partial charge in [0.1, 0.15) is 11.5 Å². The molecule has 0 unspecified atom stereocenters. The summed E-state index contributed by atoms with van der Waals surface area (Å²) < 4.78 is 12.0. The van der Waals surface area contributed by atoms with Crippen LogP contribution in [-0.4, -0.2) is 18.8 Å². The summed E-state index contributed by atoms with van der Waals surface area (Å²) in [5, 5.41) is 0. The molecule has 148 valence electrons. The molecule has 0 saturated carbocycles. The average molecular weight is 452 g/mol. The van der Waals surface area contributed by atoms with Crippen molar-refractivity contribution >= 4 is 33.8 Å². The van der Waals surface area contributed by atoms with E-state index in [1.807, 2.05) is 36.4 Å². The summed E-state index contributed by atoms with van der Waals surface area (Å²) in [5.74, 6) is 0.833. The molecule has 5 heteroatoms. The Labute approximate surface area is 179 Å². The van der Waals surface area contributed by atoms with Gasteiger partial charge in [0, 0.05) is 10.7 Å². The second kappa shape index (κ2) is 10.6. The monoisotopic (exact) mass is 451 g/mol. The molecule has 0 aliphatic heterocycles. The van der Waals surface area contributed by atoms with E-state index in [2.05, 4.69) is 27.8 Å². The van der Waals surface area contributed by atoms with E-state index in [9.17, 15) is 4.79 Å². The topological polar surface area (TPSA) is 47.9 Å². The molecule has 0 N–H and O–H groups in total.